The van der Waals surface area contributed by atoms with Crippen LogP contribution in [0.2, 0.25) is 5.02 Å². The summed E-state index contributed by atoms with van der Waals surface area (Å²) in [6, 6.07) is 4.82. The van der Waals surface area contributed by atoms with Crippen LogP contribution in [0.4, 0.5) is 4.79 Å². The first kappa shape index (κ1) is 20.3. The molecule has 3 amide bonds. The number of nitrogens with one attached hydrogen (secondary N) is 2. The molecule has 0 spiro atoms. The molecule has 0 unspecified atom stereocenters. The van der Waals surface area contributed by atoms with Gasteiger partial charge in [0.25, 0.3) is 0 Å². The number of carbonyl (C=O) groups excluding carboxylic acids is 2. The van der Waals surface area contributed by atoms with Crippen molar-refractivity contribution in [3.63, 3.8) is 0 Å². The zero-order valence-corrected chi connectivity index (χ0v) is 15.7. The lowest BCUT2D eigenvalue weighted by molar-refractivity contribution is -0.129. The third kappa shape index (κ3) is 6.72. The van der Waals surface area contributed by atoms with Gasteiger partial charge in [-0.1, -0.05) is 11.6 Å². The number of ether oxygens (including phenoxy) is 1. The summed E-state index contributed by atoms with van der Waals surface area (Å²) in [6.07, 6.45) is 1.54. The van der Waals surface area contributed by atoms with Crippen LogP contribution >= 0.6 is 11.6 Å². The average Bonchev–Trinajstić information content (AvgIpc) is 3.15. The van der Waals surface area contributed by atoms with Crippen LogP contribution in [0.3, 0.4) is 0 Å². The van der Waals surface area contributed by atoms with Crippen molar-refractivity contribution in [1.29, 1.82) is 0 Å². The fourth-order valence-corrected chi connectivity index (χ4v) is 2.76. The Morgan fingerprint density at radius 1 is 1.31 bits per heavy atom. The van der Waals surface area contributed by atoms with Crippen molar-refractivity contribution in [2.24, 2.45) is 0 Å². The second-order valence-corrected chi connectivity index (χ2v) is 6.76. The van der Waals surface area contributed by atoms with Crippen molar-refractivity contribution >= 4 is 23.5 Å². The summed E-state index contributed by atoms with van der Waals surface area (Å²) in [7, 11) is 0. The number of halogens is 1. The highest BCUT2D eigenvalue weighted by molar-refractivity contribution is 6.31. The Labute approximate surface area is 158 Å². The first-order valence-electron chi connectivity index (χ1n) is 8.82. The number of benzene rings is 1. The predicted octanol–water partition coefficient (Wildman–Crippen LogP) is 1.70. The second-order valence-electron chi connectivity index (χ2n) is 6.35. The lowest BCUT2D eigenvalue weighted by atomic mass is 10.2. The van der Waals surface area contributed by atoms with Gasteiger partial charge in [0.15, 0.2) is 0 Å². The van der Waals surface area contributed by atoms with Gasteiger partial charge in [0, 0.05) is 37.6 Å². The van der Waals surface area contributed by atoms with E-state index in [2.05, 4.69) is 10.6 Å². The summed E-state index contributed by atoms with van der Waals surface area (Å²) in [6.45, 7) is 3.87. The van der Waals surface area contributed by atoms with Crippen LogP contribution in [0.5, 0.6) is 5.75 Å². The van der Waals surface area contributed by atoms with Crippen LogP contribution in [0.15, 0.2) is 18.2 Å². The molecule has 144 valence electrons. The van der Waals surface area contributed by atoms with Crippen LogP contribution < -0.4 is 15.4 Å². The number of amides is 3. The van der Waals surface area contributed by atoms with Gasteiger partial charge in [-0.15, -0.1) is 0 Å². The molecule has 1 aromatic rings. The number of aryl methyl sites for hydroxylation is 1. The number of likely N-dealkylation sites (tertiary alicyclic amines) is 1. The Kier molecular flexibility index (Phi) is 8.00. The van der Waals surface area contributed by atoms with Gasteiger partial charge < -0.3 is 25.4 Å². The van der Waals surface area contributed by atoms with E-state index >= 15 is 0 Å². The predicted molar refractivity (Wildman–Crippen MR) is 99.5 cm³/mol. The molecule has 0 saturated carbocycles. The van der Waals surface area contributed by atoms with E-state index in [1.807, 2.05) is 11.8 Å². The summed E-state index contributed by atoms with van der Waals surface area (Å²) in [5.41, 5.74) is 0.889. The number of urea groups is 1. The normalized spacial score (nSPS) is 14.8. The zero-order chi connectivity index (χ0) is 18.9. The summed E-state index contributed by atoms with van der Waals surface area (Å²) < 4.78 is 5.47. The van der Waals surface area contributed by atoms with E-state index in [-0.39, 0.29) is 32.0 Å². The standard InChI is InChI=1S/C18H26ClN3O4/c1-13-10-15(4-5-16(13)19)26-12-14(23)11-21-18(25)20-7-6-17(24)22-8-2-3-9-22/h4-5,10,14,23H,2-3,6-9,11-12H2,1H3,(H2,20,21,25)/t14-/m1/s1. The quantitative estimate of drug-likeness (QED) is 0.637. The number of hydrogen-bond donors (Lipinski definition) is 3. The Bertz CT molecular complexity index is 620. The molecule has 1 fully saturated rings. The minimum atomic E-state index is -0.844. The molecule has 1 atom stereocenters. The highest BCUT2D eigenvalue weighted by atomic mass is 35.5. The third-order valence-corrected chi connectivity index (χ3v) is 4.58. The second kappa shape index (κ2) is 10.2. The van der Waals surface area contributed by atoms with Crippen molar-refractivity contribution in [2.75, 3.05) is 32.8 Å². The number of nitrogens with zero attached hydrogens (tertiary/aromatic N) is 1. The van der Waals surface area contributed by atoms with Gasteiger partial charge in [-0.25, -0.2) is 4.79 Å². The van der Waals surface area contributed by atoms with Crippen molar-refractivity contribution in [1.82, 2.24) is 15.5 Å². The number of hydrogen-bond acceptors (Lipinski definition) is 4. The molecule has 1 heterocycles. The van der Waals surface area contributed by atoms with E-state index < -0.39 is 12.1 Å². The average molecular weight is 384 g/mol. The number of rotatable bonds is 8. The molecule has 0 aliphatic carbocycles. The lowest BCUT2D eigenvalue weighted by Crippen LogP contribution is -2.42. The molecule has 0 bridgehead atoms. The molecule has 1 saturated heterocycles. The van der Waals surface area contributed by atoms with E-state index in [0.717, 1.165) is 31.5 Å². The largest absolute Gasteiger partial charge is 0.491 e. The first-order chi connectivity index (χ1) is 12.5. The molecule has 8 heteroatoms. The monoisotopic (exact) mass is 383 g/mol. The van der Waals surface area contributed by atoms with Gasteiger partial charge >= 0.3 is 6.03 Å². The molecule has 2 rings (SSSR count). The van der Waals surface area contributed by atoms with Gasteiger partial charge in [-0.3, -0.25) is 4.79 Å². The molecular formula is C18H26ClN3O4. The van der Waals surface area contributed by atoms with Crippen LogP contribution in [0.25, 0.3) is 0 Å². The van der Waals surface area contributed by atoms with Crippen molar-refractivity contribution in [3.05, 3.63) is 28.8 Å². The van der Waals surface area contributed by atoms with Gasteiger partial charge in [0.05, 0.1) is 0 Å². The number of aliphatic hydroxyl groups excluding tert-OH is 1. The molecule has 1 aliphatic heterocycles. The fraction of sp³-hybridized carbons (Fsp3) is 0.556. The van der Waals surface area contributed by atoms with E-state index in [1.165, 1.54) is 0 Å². The minimum absolute atomic E-state index is 0.0504. The SMILES string of the molecule is Cc1cc(OC[C@H](O)CNC(=O)NCCC(=O)N2CCCC2)ccc1Cl. The molecule has 1 aliphatic rings. The third-order valence-electron chi connectivity index (χ3n) is 4.15. The topological polar surface area (TPSA) is 90.9 Å². The van der Waals surface area contributed by atoms with Gasteiger partial charge in [-0.05, 0) is 43.5 Å². The first-order valence-corrected chi connectivity index (χ1v) is 9.20. The highest BCUT2D eigenvalue weighted by Crippen LogP contribution is 2.21. The lowest BCUT2D eigenvalue weighted by Gasteiger charge is -2.16. The molecule has 7 nitrogen and oxygen atoms in total. The summed E-state index contributed by atoms with van der Waals surface area (Å²) in [4.78, 5) is 25.4. The summed E-state index contributed by atoms with van der Waals surface area (Å²) in [5, 5.41) is 15.7. The molecule has 3 N–H and O–H groups in total. The van der Waals surface area contributed by atoms with E-state index in [1.54, 1.807) is 18.2 Å². The minimum Gasteiger partial charge on any atom is -0.491 e. The maximum Gasteiger partial charge on any atom is 0.314 e. The van der Waals surface area contributed by atoms with E-state index in [4.69, 9.17) is 16.3 Å². The van der Waals surface area contributed by atoms with Crippen LogP contribution in [0.1, 0.15) is 24.8 Å². The molecular weight excluding hydrogens is 358 g/mol. The number of aliphatic hydroxyl groups is 1. The van der Waals surface area contributed by atoms with Crippen LogP contribution in [-0.2, 0) is 4.79 Å². The maximum absolute atomic E-state index is 11.8. The van der Waals surface area contributed by atoms with Crippen molar-refractivity contribution in [2.45, 2.75) is 32.3 Å². The van der Waals surface area contributed by atoms with Gasteiger partial charge in [0.1, 0.15) is 18.5 Å². The molecule has 26 heavy (non-hydrogen) atoms. The molecule has 0 aromatic heterocycles. The van der Waals surface area contributed by atoms with Crippen molar-refractivity contribution < 1.29 is 19.4 Å². The summed E-state index contributed by atoms with van der Waals surface area (Å²) >= 11 is 5.94. The fourth-order valence-electron chi connectivity index (χ4n) is 2.64. The smallest absolute Gasteiger partial charge is 0.314 e. The van der Waals surface area contributed by atoms with Crippen molar-refractivity contribution in [3.8, 4) is 5.75 Å². The maximum atomic E-state index is 11.8. The Morgan fingerprint density at radius 2 is 2.04 bits per heavy atom. The van der Waals surface area contributed by atoms with Gasteiger partial charge in [-0.2, -0.15) is 0 Å². The van der Waals surface area contributed by atoms with Crippen LogP contribution in [0, 0.1) is 6.92 Å². The highest BCUT2D eigenvalue weighted by Gasteiger charge is 2.17. The zero-order valence-electron chi connectivity index (χ0n) is 15.0. The Balaban J connectivity index is 1.57. The molecule has 0 radical (unpaired) electrons. The summed E-state index contributed by atoms with van der Waals surface area (Å²) in [5.74, 6) is 0.672. The molecule has 1 aromatic carbocycles. The van der Waals surface area contributed by atoms with Crippen LogP contribution in [-0.4, -0.2) is 60.8 Å². The van der Waals surface area contributed by atoms with E-state index in [9.17, 15) is 14.7 Å². The Hall–Kier alpha value is -1.99. The Morgan fingerprint density at radius 3 is 2.73 bits per heavy atom. The van der Waals surface area contributed by atoms with Gasteiger partial charge in [0.2, 0.25) is 5.91 Å². The number of carbonyl (C=O) groups is 2. The van der Waals surface area contributed by atoms with E-state index in [0.29, 0.717) is 10.8 Å².